The summed E-state index contributed by atoms with van der Waals surface area (Å²) >= 11 is 5.90. The number of amides is 1. The van der Waals surface area contributed by atoms with Gasteiger partial charge in [-0.1, -0.05) is 24.9 Å². The number of carboxylic acid groups (broad SMARTS) is 1. The van der Waals surface area contributed by atoms with E-state index in [0.717, 1.165) is 0 Å². The van der Waals surface area contributed by atoms with Crippen molar-refractivity contribution in [2.24, 2.45) is 0 Å². The topological polar surface area (TPSA) is 87.7 Å². The molecular formula is C15H21ClN2O4. The van der Waals surface area contributed by atoms with Gasteiger partial charge >= 0.3 is 5.97 Å². The van der Waals surface area contributed by atoms with E-state index < -0.39 is 18.1 Å². The molecule has 0 spiro atoms. The number of carbonyl (C=O) groups excluding carboxylic acids is 1. The number of hydrogen-bond acceptors (Lipinski definition) is 4. The fourth-order valence-electron chi connectivity index (χ4n) is 1.96. The predicted octanol–water partition coefficient (Wildman–Crippen LogP) is 2.52. The van der Waals surface area contributed by atoms with Crippen LogP contribution in [0.2, 0.25) is 5.02 Å². The number of hydrogen-bond donors (Lipinski definition) is 3. The fraction of sp³-hybridized carbons (Fsp3) is 0.467. The highest BCUT2D eigenvalue weighted by Crippen LogP contribution is 2.27. The van der Waals surface area contributed by atoms with Crippen LogP contribution >= 0.6 is 11.6 Å². The first-order valence-electron chi connectivity index (χ1n) is 7.02. The lowest BCUT2D eigenvalue weighted by Gasteiger charge is -2.20. The molecule has 0 aliphatic heterocycles. The van der Waals surface area contributed by atoms with E-state index in [-0.39, 0.29) is 5.91 Å². The molecule has 6 nitrogen and oxygen atoms in total. The van der Waals surface area contributed by atoms with E-state index in [1.807, 2.05) is 6.92 Å². The Morgan fingerprint density at radius 3 is 2.64 bits per heavy atom. The molecule has 7 heteroatoms. The van der Waals surface area contributed by atoms with Gasteiger partial charge in [0.15, 0.2) is 0 Å². The van der Waals surface area contributed by atoms with E-state index in [1.165, 1.54) is 7.11 Å². The zero-order valence-electron chi connectivity index (χ0n) is 12.9. The minimum Gasteiger partial charge on any atom is -0.495 e. The van der Waals surface area contributed by atoms with Gasteiger partial charge in [-0.05, 0) is 31.5 Å². The van der Waals surface area contributed by atoms with E-state index in [0.29, 0.717) is 29.3 Å². The van der Waals surface area contributed by atoms with Crippen molar-refractivity contribution in [3.63, 3.8) is 0 Å². The van der Waals surface area contributed by atoms with Gasteiger partial charge in [0.05, 0.1) is 18.8 Å². The number of anilines is 1. The fourth-order valence-corrected chi connectivity index (χ4v) is 2.14. The summed E-state index contributed by atoms with van der Waals surface area (Å²) in [7, 11) is 1.49. The zero-order chi connectivity index (χ0) is 16.7. The molecular weight excluding hydrogens is 308 g/mol. The van der Waals surface area contributed by atoms with Gasteiger partial charge in [0, 0.05) is 5.02 Å². The second kappa shape index (κ2) is 8.60. The van der Waals surface area contributed by atoms with Crippen LogP contribution in [0.5, 0.6) is 5.75 Å². The van der Waals surface area contributed by atoms with Crippen LogP contribution in [-0.4, -0.2) is 36.2 Å². The Kier molecular flexibility index (Phi) is 7.14. The Hall–Kier alpha value is -1.79. The monoisotopic (exact) mass is 328 g/mol. The molecule has 0 saturated heterocycles. The largest absolute Gasteiger partial charge is 0.495 e. The van der Waals surface area contributed by atoms with Crippen LogP contribution in [-0.2, 0) is 9.59 Å². The molecule has 3 N–H and O–H groups in total. The lowest BCUT2D eigenvalue weighted by molar-refractivity contribution is -0.140. The van der Waals surface area contributed by atoms with Crippen LogP contribution in [0.3, 0.4) is 0 Å². The molecule has 1 aromatic carbocycles. The van der Waals surface area contributed by atoms with Crippen LogP contribution in [0.25, 0.3) is 0 Å². The van der Waals surface area contributed by atoms with E-state index in [1.54, 1.807) is 25.1 Å². The highest BCUT2D eigenvalue weighted by molar-refractivity contribution is 6.31. The number of methoxy groups -OCH3 is 1. The summed E-state index contributed by atoms with van der Waals surface area (Å²) in [4.78, 5) is 23.3. The third-order valence-electron chi connectivity index (χ3n) is 3.14. The van der Waals surface area contributed by atoms with Crippen molar-refractivity contribution in [1.82, 2.24) is 5.32 Å². The molecule has 0 bridgehead atoms. The molecule has 0 aliphatic rings. The van der Waals surface area contributed by atoms with Crippen molar-refractivity contribution in [2.45, 2.75) is 38.8 Å². The number of aliphatic carboxylic acids is 1. The quantitative estimate of drug-likeness (QED) is 0.682. The minimum atomic E-state index is -0.971. The number of benzene rings is 1. The van der Waals surface area contributed by atoms with Gasteiger partial charge in [0.25, 0.3) is 0 Å². The maximum absolute atomic E-state index is 12.2. The molecule has 2 unspecified atom stereocenters. The van der Waals surface area contributed by atoms with Crippen molar-refractivity contribution >= 4 is 29.2 Å². The summed E-state index contributed by atoms with van der Waals surface area (Å²) in [5.41, 5.74) is 0.441. The van der Waals surface area contributed by atoms with Crippen LogP contribution < -0.4 is 15.4 Å². The summed E-state index contributed by atoms with van der Waals surface area (Å²) in [6.45, 7) is 3.50. The minimum absolute atomic E-state index is 0.358. The number of carbonyl (C=O) groups is 2. The maximum atomic E-state index is 12.2. The van der Waals surface area contributed by atoms with Crippen molar-refractivity contribution in [2.75, 3.05) is 12.4 Å². The average molecular weight is 329 g/mol. The van der Waals surface area contributed by atoms with Gasteiger partial charge in [0.1, 0.15) is 11.8 Å². The van der Waals surface area contributed by atoms with Gasteiger partial charge < -0.3 is 15.2 Å². The molecule has 1 aromatic rings. The normalized spacial score (nSPS) is 13.3. The van der Waals surface area contributed by atoms with Gasteiger partial charge in [-0.2, -0.15) is 0 Å². The average Bonchev–Trinajstić information content (AvgIpc) is 2.46. The number of carboxylic acids is 1. The molecule has 0 aliphatic carbocycles. The van der Waals surface area contributed by atoms with Crippen LogP contribution in [0.15, 0.2) is 18.2 Å². The number of halogens is 1. The maximum Gasteiger partial charge on any atom is 0.320 e. The third-order valence-corrected chi connectivity index (χ3v) is 3.37. The van der Waals surface area contributed by atoms with E-state index in [2.05, 4.69) is 10.6 Å². The standard InChI is InChI=1S/C15H21ClN2O4/c1-4-5-11(15(20)21)17-9(2)14(19)18-12-8-10(16)6-7-13(12)22-3/h6-9,11,17H,4-5H2,1-3H3,(H,18,19)(H,20,21). The first-order chi connectivity index (χ1) is 10.4. The first kappa shape index (κ1) is 18.3. The zero-order valence-corrected chi connectivity index (χ0v) is 13.6. The van der Waals surface area contributed by atoms with Crippen molar-refractivity contribution in [3.05, 3.63) is 23.2 Å². The summed E-state index contributed by atoms with van der Waals surface area (Å²) in [6, 6.07) is 3.45. The number of rotatable bonds is 8. The molecule has 1 amide bonds. The van der Waals surface area contributed by atoms with E-state index in [9.17, 15) is 9.59 Å². The smallest absolute Gasteiger partial charge is 0.320 e. The predicted molar refractivity (Wildman–Crippen MR) is 85.6 cm³/mol. The molecule has 0 aromatic heterocycles. The Morgan fingerprint density at radius 2 is 2.09 bits per heavy atom. The Labute approximate surface area is 134 Å². The molecule has 0 fully saturated rings. The van der Waals surface area contributed by atoms with Crippen molar-refractivity contribution in [3.8, 4) is 5.75 Å². The Morgan fingerprint density at radius 1 is 1.41 bits per heavy atom. The molecule has 122 valence electrons. The van der Waals surface area contributed by atoms with Crippen LogP contribution in [0, 0.1) is 0 Å². The summed E-state index contributed by atoms with van der Waals surface area (Å²) in [6.07, 6.45) is 1.16. The summed E-state index contributed by atoms with van der Waals surface area (Å²) < 4.78 is 5.15. The lowest BCUT2D eigenvalue weighted by Crippen LogP contribution is -2.47. The van der Waals surface area contributed by atoms with Crippen LogP contribution in [0.1, 0.15) is 26.7 Å². The highest BCUT2D eigenvalue weighted by atomic mass is 35.5. The van der Waals surface area contributed by atoms with Gasteiger partial charge in [0.2, 0.25) is 5.91 Å². The van der Waals surface area contributed by atoms with Gasteiger partial charge in [-0.15, -0.1) is 0 Å². The lowest BCUT2D eigenvalue weighted by atomic mass is 10.1. The number of ether oxygens (including phenoxy) is 1. The van der Waals surface area contributed by atoms with E-state index in [4.69, 9.17) is 21.4 Å². The van der Waals surface area contributed by atoms with Gasteiger partial charge in [-0.3, -0.25) is 14.9 Å². The molecule has 2 atom stereocenters. The summed E-state index contributed by atoms with van der Waals surface area (Å²) in [5, 5.41) is 15.1. The highest BCUT2D eigenvalue weighted by Gasteiger charge is 2.23. The Bertz CT molecular complexity index is 536. The summed E-state index contributed by atoms with van der Waals surface area (Å²) in [5.74, 6) is -0.849. The van der Waals surface area contributed by atoms with Gasteiger partial charge in [-0.25, -0.2) is 0 Å². The Balaban J connectivity index is 2.75. The second-order valence-electron chi connectivity index (χ2n) is 4.90. The molecule has 22 heavy (non-hydrogen) atoms. The molecule has 0 heterocycles. The van der Waals surface area contributed by atoms with Crippen molar-refractivity contribution in [1.29, 1.82) is 0 Å². The van der Waals surface area contributed by atoms with E-state index >= 15 is 0 Å². The number of nitrogens with one attached hydrogen (secondary N) is 2. The van der Waals surface area contributed by atoms with Crippen molar-refractivity contribution < 1.29 is 19.4 Å². The molecule has 0 saturated carbocycles. The third kappa shape index (κ3) is 5.20. The first-order valence-corrected chi connectivity index (χ1v) is 7.40. The van der Waals surface area contributed by atoms with Crippen LogP contribution in [0.4, 0.5) is 5.69 Å². The molecule has 0 radical (unpaired) electrons. The molecule has 1 rings (SSSR count). The SMILES string of the molecule is CCCC(NC(C)C(=O)Nc1cc(Cl)ccc1OC)C(=O)O. The second-order valence-corrected chi connectivity index (χ2v) is 5.34.